The molecule has 1 N–H and O–H groups in total. The van der Waals surface area contributed by atoms with Gasteiger partial charge >= 0.3 is 0 Å². The molecule has 2 rings (SSSR count). The molecule has 1 aromatic heterocycles. The van der Waals surface area contributed by atoms with Crippen LogP contribution in [0.3, 0.4) is 0 Å². The average molecular weight is 328 g/mol. The van der Waals surface area contributed by atoms with Crippen molar-refractivity contribution in [2.75, 3.05) is 6.54 Å². The molecule has 0 aliphatic heterocycles. The molecule has 0 aliphatic rings. The number of benzene rings is 1. The smallest absolute Gasteiger partial charge is 0.252 e. The predicted molar refractivity (Wildman–Crippen MR) is 80.0 cm³/mol. The van der Waals surface area contributed by atoms with Crippen LogP contribution in [0.2, 0.25) is 5.02 Å². The highest BCUT2D eigenvalue weighted by atomic mass is 35.5. The molecular formula is C15H16ClF2N3O. The number of aryl methyl sites for hydroxylation is 3. The van der Waals surface area contributed by atoms with Crippen LogP contribution in [0.4, 0.5) is 8.78 Å². The first-order valence-corrected chi connectivity index (χ1v) is 7.20. The lowest BCUT2D eigenvalue weighted by Crippen LogP contribution is -2.26. The van der Waals surface area contributed by atoms with Crippen molar-refractivity contribution in [3.05, 3.63) is 51.8 Å². The third-order valence-corrected chi connectivity index (χ3v) is 3.50. The van der Waals surface area contributed by atoms with Crippen LogP contribution in [-0.4, -0.2) is 22.2 Å². The molecule has 1 amide bonds. The summed E-state index contributed by atoms with van der Waals surface area (Å²) in [7, 11) is 0. The normalized spacial score (nSPS) is 10.8. The fourth-order valence-corrected chi connectivity index (χ4v) is 2.36. The Bertz CT molecular complexity index is 700. The molecule has 0 saturated carbocycles. The second-order valence-corrected chi connectivity index (χ2v) is 5.41. The number of halogens is 3. The molecule has 1 heterocycles. The largest absolute Gasteiger partial charge is 0.352 e. The Morgan fingerprint density at radius 3 is 2.59 bits per heavy atom. The number of nitrogens with zero attached hydrogens (tertiary/aromatic N) is 2. The van der Waals surface area contributed by atoms with E-state index in [1.165, 1.54) is 0 Å². The van der Waals surface area contributed by atoms with E-state index in [1.54, 1.807) is 0 Å². The Labute approximate surface area is 132 Å². The Balaban J connectivity index is 1.88. The van der Waals surface area contributed by atoms with Gasteiger partial charge in [0.05, 0.1) is 16.3 Å². The second kappa shape index (κ2) is 6.87. The van der Waals surface area contributed by atoms with E-state index in [0.29, 0.717) is 19.5 Å². The summed E-state index contributed by atoms with van der Waals surface area (Å²) in [5.41, 5.74) is 1.91. The number of hydrogen-bond acceptors (Lipinski definition) is 2. The highest BCUT2D eigenvalue weighted by Gasteiger charge is 2.14. The van der Waals surface area contributed by atoms with E-state index >= 15 is 0 Å². The van der Waals surface area contributed by atoms with Crippen molar-refractivity contribution in [1.82, 2.24) is 15.1 Å². The van der Waals surface area contributed by atoms with Gasteiger partial charge in [0.1, 0.15) is 0 Å². The van der Waals surface area contributed by atoms with Gasteiger partial charge in [0.25, 0.3) is 5.91 Å². The van der Waals surface area contributed by atoms with Gasteiger partial charge in [-0.15, -0.1) is 0 Å². The maximum Gasteiger partial charge on any atom is 0.252 e. The molecule has 0 atom stereocenters. The standard InChI is InChI=1S/C15H16ClF2N3O/c1-9-6-10(2)21(20-9)5-3-4-19-15(22)11-7-13(17)14(18)8-12(11)16/h6-8H,3-5H2,1-2H3,(H,19,22). The molecule has 0 fully saturated rings. The number of aromatic nitrogens is 2. The van der Waals surface area contributed by atoms with Gasteiger partial charge in [0.15, 0.2) is 11.6 Å². The maximum absolute atomic E-state index is 13.2. The molecule has 0 bridgehead atoms. The Hall–Kier alpha value is -1.95. The minimum absolute atomic E-state index is 0.0771. The fraction of sp³-hybridized carbons (Fsp3) is 0.333. The van der Waals surface area contributed by atoms with E-state index in [9.17, 15) is 13.6 Å². The van der Waals surface area contributed by atoms with Crippen molar-refractivity contribution < 1.29 is 13.6 Å². The van der Waals surface area contributed by atoms with Gasteiger partial charge in [0.2, 0.25) is 0 Å². The molecule has 0 unspecified atom stereocenters. The zero-order chi connectivity index (χ0) is 16.3. The number of hydrogen-bond donors (Lipinski definition) is 1. The van der Waals surface area contributed by atoms with Crippen LogP contribution in [0.5, 0.6) is 0 Å². The molecule has 118 valence electrons. The second-order valence-electron chi connectivity index (χ2n) is 5.01. The number of carbonyl (C=O) groups is 1. The summed E-state index contributed by atoms with van der Waals surface area (Å²) < 4.78 is 28.0. The van der Waals surface area contributed by atoms with Crippen LogP contribution < -0.4 is 5.32 Å². The van der Waals surface area contributed by atoms with E-state index in [1.807, 2.05) is 24.6 Å². The number of carbonyl (C=O) groups excluding carboxylic acids is 1. The Kier molecular flexibility index (Phi) is 5.13. The average Bonchev–Trinajstić information content (AvgIpc) is 2.77. The lowest BCUT2D eigenvalue weighted by atomic mass is 10.2. The molecular weight excluding hydrogens is 312 g/mol. The predicted octanol–water partition coefficient (Wildman–Crippen LogP) is 3.25. The first kappa shape index (κ1) is 16.4. The van der Waals surface area contributed by atoms with Crippen molar-refractivity contribution in [3.63, 3.8) is 0 Å². The molecule has 0 aliphatic carbocycles. The van der Waals surface area contributed by atoms with Crippen LogP contribution in [0, 0.1) is 25.5 Å². The van der Waals surface area contributed by atoms with Gasteiger partial charge in [-0.3, -0.25) is 9.48 Å². The topological polar surface area (TPSA) is 46.9 Å². The number of rotatable bonds is 5. The fourth-order valence-electron chi connectivity index (χ4n) is 2.12. The van der Waals surface area contributed by atoms with Crippen molar-refractivity contribution in [1.29, 1.82) is 0 Å². The van der Waals surface area contributed by atoms with Crippen LogP contribution in [0.1, 0.15) is 28.2 Å². The maximum atomic E-state index is 13.2. The zero-order valence-corrected chi connectivity index (χ0v) is 13.0. The van der Waals surface area contributed by atoms with Crippen LogP contribution in [-0.2, 0) is 6.54 Å². The molecule has 0 radical (unpaired) electrons. The van der Waals surface area contributed by atoms with E-state index in [0.717, 1.165) is 23.5 Å². The van der Waals surface area contributed by atoms with Gasteiger partial charge in [-0.1, -0.05) is 11.6 Å². The summed E-state index contributed by atoms with van der Waals surface area (Å²) in [4.78, 5) is 11.9. The molecule has 0 spiro atoms. The van der Waals surface area contributed by atoms with Crippen LogP contribution in [0.15, 0.2) is 18.2 Å². The lowest BCUT2D eigenvalue weighted by Gasteiger charge is -2.08. The first-order valence-electron chi connectivity index (χ1n) is 6.82. The van der Waals surface area contributed by atoms with Gasteiger partial charge in [-0.05, 0) is 38.5 Å². The molecule has 7 heteroatoms. The zero-order valence-electron chi connectivity index (χ0n) is 12.3. The van der Waals surface area contributed by atoms with Gasteiger partial charge in [0, 0.05) is 18.8 Å². The first-order chi connectivity index (χ1) is 10.4. The monoisotopic (exact) mass is 327 g/mol. The van der Waals surface area contributed by atoms with Gasteiger partial charge in [-0.2, -0.15) is 5.10 Å². The summed E-state index contributed by atoms with van der Waals surface area (Å²) in [5.74, 6) is -2.71. The minimum atomic E-state index is -1.10. The van der Waals surface area contributed by atoms with Crippen LogP contribution >= 0.6 is 11.6 Å². The van der Waals surface area contributed by atoms with E-state index < -0.39 is 17.5 Å². The van der Waals surface area contributed by atoms with Crippen LogP contribution in [0.25, 0.3) is 0 Å². The van der Waals surface area contributed by atoms with E-state index in [2.05, 4.69) is 10.4 Å². The Morgan fingerprint density at radius 1 is 1.27 bits per heavy atom. The van der Waals surface area contributed by atoms with Gasteiger partial charge < -0.3 is 5.32 Å². The molecule has 22 heavy (non-hydrogen) atoms. The summed E-state index contributed by atoms with van der Waals surface area (Å²) in [6.07, 6.45) is 0.662. The summed E-state index contributed by atoms with van der Waals surface area (Å²) in [5, 5.41) is 6.83. The third kappa shape index (κ3) is 3.82. The van der Waals surface area contributed by atoms with E-state index in [-0.39, 0.29) is 10.6 Å². The number of amides is 1. The molecule has 1 aromatic carbocycles. The summed E-state index contributed by atoms with van der Waals surface area (Å²) in [6.45, 7) is 4.91. The van der Waals surface area contributed by atoms with Crippen molar-refractivity contribution in [2.24, 2.45) is 0 Å². The lowest BCUT2D eigenvalue weighted by molar-refractivity contribution is 0.0952. The molecule has 2 aromatic rings. The van der Waals surface area contributed by atoms with E-state index in [4.69, 9.17) is 11.6 Å². The van der Waals surface area contributed by atoms with Crippen molar-refractivity contribution in [3.8, 4) is 0 Å². The SMILES string of the molecule is Cc1cc(C)n(CCCNC(=O)c2cc(F)c(F)cc2Cl)n1. The highest BCUT2D eigenvalue weighted by Crippen LogP contribution is 2.19. The third-order valence-electron chi connectivity index (χ3n) is 3.19. The van der Waals surface area contributed by atoms with Crippen molar-refractivity contribution >= 4 is 17.5 Å². The summed E-state index contributed by atoms with van der Waals surface area (Å²) >= 11 is 5.75. The van der Waals surface area contributed by atoms with Crippen molar-refractivity contribution in [2.45, 2.75) is 26.8 Å². The molecule has 0 saturated heterocycles. The molecule has 4 nitrogen and oxygen atoms in total. The Morgan fingerprint density at radius 2 is 1.95 bits per heavy atom. The highest BCUT2D eigenvalue weighted by molar-refractivity contribution is 6.33. The van der Waals surface area contributed by atoms with Gasteiger partial charge in [-0.25, -0.2) is 8.78 Å². The quantitative estimate of drug-likeness (QED) is 0.677. The number of nitrogens with one attached hydrogen (secondary N) is 1. The minimum Gasteiger partial charge on any atom is -0.352 e. The summed E-state index contributed by atoms with van der Waals surface area (Å²) in [6, 6.07) is 3.56.